The van der Waals surface area contributed by atoms with Crippen LogP contribution in [0.4, 0.5) is 0 Å². The van der Waals surface area contributed by atoms with E-state index in [-0.39, 0.29) is 18.9 Å². The van der Waals surface area contributed by atoms with Crippen molar-refractivity contribution in [3.05, 3.63) is 83.4 Å². The highest BCUT2D eigenvalue weighted by atomic mass is 16.7. The smallest absolute Gasteiger partial charge is 0.290 e. The number of hydrogen-bond acceptors (Lipinski definition) is 5. The summed E-state index contributed by atoms with van der Waals surface area (Å²) in [6, 6.07) is 24.1. The molecule has 3 aromatic rings. The first-order chi connectivity index (χ1) is 17.9. The maximum absolute atomic E-state index is 12.3. The summed E-state index contributed by atoms with van der Waals surface area (Å²) in [6.45, 7) is 1.78. The first kappa shape index (κ1) is 29.5. The summed E-state index contributed by atoms with van der Waals surface area (Å²) in [7, 11) is 3.13. The molecule has 3 atom stereocenters. The molecule has 0 bridgehead atoms. The Balaban J connectivity index is 0.000000733. The maximum atomic E-state index is 12.3. The second-order valence-corrected chi connectivity index (χ2v) is 8.84. The van der Waals surface area contributed by atoms with E-state index in [0.717, 1.165) is 6.42 Å². The third-order valence-corrected chi connectivity index (χ3v) is 6.64. The molecule has 1 fully saturated rings. The lowest BCUT2D eigenvalue weighted by Crippen LogP contribution is -2.35. The second kappa shape index (κ2) is 15.4. The van der Waals surface area contributed by atoms with Crippen LogP contribution in [-0.2, 0) is 14.4 Å². The SMILES string of the molecule is CON(C)C(=O)c1ccc([C@H]2CCC[C@H](N[C@H](C)c3cccc4ccccc34)C2)cc1.O=CO.O=CO. The molecule has 1 saturated carbocycles. The number of benzene rings is 3. The molecule has 0 heterocycles. The Morgan fingerprint density at radius 2 is 1.62 bits per heavy atom. The van der Waals surface area contributed by atoms with E-state index in [1.54, 1.807) is 7.05 Å². The van der Waals surface area contributed by atoms with Crippen molar-refractivity contribution in [2.75, 3.05) is 14.2 Å². The van der Waals surface area contributed by atoms with Crippen molar-refractivity contribution in [1.29, 1.82) is 0 Å². The van der Waals surface area contributed by atoms with Gasteiger partial charge < -0.3 is 15.5 Å². The molecule has 8 nitrogen and oxygen atoms in total. The van der Waals surface area contributed by atoms with Gasteiger partial charge in [0, 0.05) is 24.7 Å². The lowest BCUT2D eigenvalue weighted by Gasteiger charge is -2.32. The number of hydrogen-bond donors (Lipinski definition) is 3. The molecular formula is C29H36N2O6. The van der Waals surface area contributed by atoms with Gasteiger partial charge in [-0.2, -0.15) is 0 Å². The molecule has 0 saturated heterocycles. The van der Waals surface area contributed by atoms with Crippen molar-refractivity contribution in [3.8, 4) is 0 Å². The number of carboxylic acid groups (broad SMARTS) is 2. The highest BCUT2D eigenvalue weighted by molar-refractivity contribution is 5.93. The summed E-state index contributed by atoms with van der Waals surface area (Å²) in [6.07, 6.45) is 4.75. The second-order valence-electron chi connectivity index (χ2n) is 8.84. The lowest BCUT2D eigenvalue weighted by atomic mass is 9.80. The summed E-state index contributed by atoms with van der Waals surface area (Å²) in [4.78, 5) is 34.0. The maximum Gasteiger partial charge on any atom is 0.290 e. The molecule has 37 heavy (non-hydrogen) atoms. The molecule has 1 aliphatic rings. The number of rotatable bonds is 6. The van der Waals surface area contributed by atoms with Crippen LogP contribution in [0.15, 0.2) is 66.7 Å². The number of fused-ring (bicyclic) bond motifs is 1. The van der Waals surface area contributed by atoms with Gasteiger partial charge in [0.05, 0.1) is 7.11 Å². The Kier molecular flexibility index (Phi) is 12.3. The molecule has 0 spiro atoms. The molecule has 1 aliphatic carbocycles. The number of hydroxylamine groups is 2. The molecule has 0 aromatic heterocycles. The van der Waals surface area contributed by atoms with Gasteiger partial charge in [-0.3, -0.25) is 19.2 Å². The highest BCUT2D eigenvalue weighted by Gasteiger charge is 2.25. The van der Waals surface area contributed by atoms with Crippen LogP contribution in [0.2, 0.25) is 0 Å². The number of carbonyl (C=O) groups is 3. The minimum absolute atomic E-state index is 0.124. The first-order valence-corrected chi connectivity index (χ1v) is 12.2. The summed E-state index contributed by atoms with van der Waals surface area (Å²) in [5.74, 6) is 0.399. The first-order valence-electron chi connectivity index (χ1n) is 12.2. The van der Waals surface area contributed by atoms with Crippen LogP contribution < -0.4 is 5.32 Å². The summed E-state index contributed by atoms with van der Waals surface area (Å²) < 4.78 is 0. The van der Waals surface area contributed by atoms with Crippen molar-refractivity contribution in [2.24, 2.45) is 0 Å². The standard InChI is InChI=1S/C27H32N2O2.2CH2O2/c1-19(25-13-7-9-21-8-4-5-12-26(21)25)28-24-11-6-10-23(18-24)20-14-16-22(17-15-20)27(30)29(2)31-3;2*2-1-3/h4-5,7-9,12-17,19,23-24,28H,6,10-11,18H2,1-3H3;2*1H,(H,2,3)/t19-,23+,24+;;/m1../s1. The predicted molar refractivity (Wildman–Crippen MR) is 143 cm³/mol. The largest absolute Gasteiger partial charge is 0.483 e. The van der Waals surface area contributed by atoms with E-state index in [1.165, 1.54) is 53.3 Å². The average Bonchev–Trinajstić information content (AvgIpc) is 2.93. The Hall–Kier alpha value is -3.75. The van der Waals surface area contributed by atoms with Crippen molar-refractivity contribution in [2.45, 2.75) is 50.6 Å². The minimum atomic E-state index is -0.250. The minimum Gasteiger partial charge on any atom is -0.483 e. The molecule has 0 unspecified atom stereocenters. The molecule has 0 radical (unpaired) electrons. The van der Waals surface area contributed by atoms with Crippen LogP contribution in [0.1, 0.15) is 66.1 Å². The van der Waals surface area contributed by atoms with Crippen LogP contribution in [0.25, 0.3) is 10.8 Å². The van der Waals surface area contributed by atoms with E-state index in [4.69, 9.17) is 24.6 Å². The molecule has 3 aromatic carbocycles. The van der Waals surface area contributed by atoms with Gasteiger partial charge in [-0.1, -0.05) is 61.0 Å². The number of amides is 1. The number of carbonyl (C=O) groups excluding carboxylic acids is 1. The molecule has 198 valence electrons. The molecule has 4 rings (SSSR count). The number of nitrogens with one attached hydrogen (secondary N) is 1. The predicted octanol–water partition coefficient (Wildman–Crippen LogP) is 5.25. The van der Waals surface area contributed by atoms with Crippen LogP contribution in [0.5, 0.6) is 0 Å². The third kappa shape index (κ3) is 8.41. The van der Waals surface area contributed by atoms with Gasteiger partial charge in [0.25, 0.3) is 18.9 Å². The van der Waals surface area contributed by atoms with E-state index >= 15 is 0 Å². The zero-order chi connectivity index (χ0) is 27.2. The quantitative estimate of drug-likeness (QED) is 0.307. The van der Waals surface area contributed by atoms with Gasteiger partial charge in [0.2, 0.25) is 0 Å². The van der Waals surface area contributed by atoms with Gasteiger partial charge in [0.1, 0.15) is 0 Å². The summed E-state index contributed by atoms with van der Waals surface area (Å²) in [5.41, 5.74) is 3.34. The van der Waals surface area contributed by atoms with Crippen LogP contribution >= 0.6 is 0 Å². The van der Waals surface area contributed by atoms with Gasteiger partial charge in [-0.15, -0.1) is 0 Å². The summed E-state index contributed by atoms with van der Waals surface area (Å²) in [5, 5.41) is 21.6. The Bertz CT molecular complexity index is 1120. The topological polar surface area (TPSA) is 116 Å². The van der Waals surface area contributed by atoms with Crippen molar-refractivity contribution in [3.63, 3.8) is 0 Å². The Labute approximate surface area is 217 Å². The zero-order valence-corrected chi connectivity index (χ0v) is 21.5. The van der Waals surface area contributed by atoms with Crippen molar-refractivity contribution >= 4 is 29.6 Å². The number of nitrogens with zero attached hydrogens (tertiary/aromatic N) is 1. The van der Waals surface area contributed by atoms with Crippen molar-refractivity contribution in [1.82, 2.24) is 10.4 Å². The molecular weight excluding hydrogens is 472 g/mol. The molecule has 0 aliphatic heterocycles. The van der Waals surface area contributed by atoms with Crippen LogP contribution in [0.3, 0.4) is 0 Å². The van der Waals surface area contributed by atoms with Gasteiger partial charge in [-0.25, -0.2) is 5.06 Å². The fraction of sp³-hybridized carbons (Fsp3) is 0.345. The molecule has 1 amide bonds. The lowest BCUT2D eigenvalue weighted by molar-refractivity contribution is -0.123. The van der Waals surface area contributed by atoms with E-state index in [9.17, 15) is 4.79 Å². The fourth-order valence-corrected chi connectivity index (χ4v) is 4.88. The Morgan fingerprint density at radius 1 is 1.00 bits per heavy atom. The molecule has 8 heteroatoms. The monoisotopic (exact) mass is 508 g/mol. The summed E-state index contributed by atoms with van der Waals surface area (Å²) >= 11 is 0. The Morgan fingerprint density at radius 3 is 2.27 bits per heavy atom. The van der Waals surface area contributed by atoms with Crippen LogP contribution in [0, 0.1) is 0 Å². The zero-order valence-electron chi connectivity index (χ0n) is 21.5. The average molecular weight is 509 g/mol. The van der Waals surface area contributed by atoms with Crippen LogP contribution in [-0.4, -0.2) is 54.3 Å². The van der Waals surface area contributed by atoms with Crippen molar-refractivity contribution < 1.29 is 29.4 Å². The highest BCUT2D eigenvalue weighted by Crippen LogP contribution is 2.34. The van der Waals surface area contributed by atoms with Gasteiger partial charge in [-0.05, 0) is 66.1 Å². The fourth-order valence-electron chi connectivity index (χ4n) is 4.88. The molecule has 3 N–H and O–H groups in total. The van der Waals surface area contributed by atoms with E-state index in [1.807, 2.05) is 12.1 Å². The van der Waals surface area contributed by atoms with E-state index in [0.29, 0.717) is 23.6 Å². The van der Waals surface area contributed by atoms with E-state index < -0.39 is 0 Å². The van der Waals surface area contributed by atoms with Gasteiger partial charge >= 0.3 is 0 Å². The normalized spacial score (nSPS) is 17.3. The third-order valence-electron chi connectivity index (χ3n) is 6.64. The van der Waals surface area contributed by atoms with Gasteiger partial charge in [0.15, 0.2) is 0 Å². The van der Waals surface area contributed by atoms with E-state index in [2.05, 4.69) is 66.8 Å².